The molecule has 0 spiro atoms. The SMILES string of the molecule is COC(=O)Cc1ccc2cc3c(cc2n1)OCCO3. The second-order valence-electron chi connectivity index (χ2n) is 4.24. The normalized spacial score (nSPS) is 13.3. The first-order chi connectivity index (χ1) is 9.26. The lowest BCUT2D eigenvalue weighted by atomic mass is 10.1. The summed E-state index contributed by atoms with van der Waals surface area (Å²) in [6.45, 7) is 1.10. The molecule has 0 atom stereocenters. The molecule has 98 valence electrons. The Labute approximate surface area is 110 Å². The van der Waals surface area contributed by atoms with E-state index in [0.717, 1.165) is 16.7 Å². The fourth-order valence-corrected chi connectivity index (χ4v) is 2.02. The number of hydrogen-bond acceptors (Lipinski definition) is 5. The van der Waals surface area contributed by atoms with Crippen LogP contribution >= 0.6 is 0 Å². The number of methoxy groups -OCH3 is 1. The van der Waals surface area contributed by atoms with Crippen LogP contribution in [0.4, 0.5) is 0 Å². The summed E-state index contributed by atoms with van der Waals surface area (Å²) >= 11 is 0. The Morgan fingerprint density at radius 3 is 2.74 bits per heavy atom. The molecule has 3 rings (SSSR count). The molecule has 0 saturated heterocycles. The molecule has 0 unspecified atom stereocenters. The minimum atomic E-state index is -0.301. The molecular weight excluding hydrogens is 246 g/mol. The second-order valence-corrected chi connectivity index (χ2v) is 4.24. The molecule has 0 saturated carbocycles. The van der Waals surface area contributed by atoms with E-state index < -0.39 is 0 Å². The Hall–Kier alpha value is -2.30. The molecule has 1 aromatic heterocycles. The third-order valence-corrected chi connectivity index (χ3v) is 2.96. The van der Waals surface area contributed by atoms with Crippen LogP contribution in [0.2, 0.25) is 0 Å². The predicted molar refractivity (Wildman–Crippen MR) is 68.5 cm³/mol. The van der Waals surface area contributed by atoms with Gasteiger partial charge in [0.25, 0.3) is 0 Å². The summed E-state index contributed by atoms with van der Waals surface area (Å²) in [5.41, 5.74) is 1.46. The predicted octanol–water partition coefficient (Wildman–Crippen LogP) is 1.72. The van der Waals surface area contributed by atoms with E-state index in [1.165, 1.54) is 7.11 Å². The zero-order valence-corrected chi connectivity index (χ0v) is 10.5. The molecule has 2 aromatic rings. The van der Waals surface area contributed by atoms with Crippen LogP contribution in [0, 0.1) is 0 Å². The van der Waals surface area contributed by atoms with Gasteiger partial charge in [0.15, 0.2) is 11.5 Å². The molecule has 5 nitrogen and oxygen atoms in total. The molecule has 0 amide bonds. The van der Waals surface area contributed by atoms with Gasteiger partial charge in [-0.2, -0.15) is 0 Å². The first-order valence-corrected chi connectivity index (χ1v) is 6.02. The Balaban J connectivity index is 2.00. The van der Waals surface area contributed by atoms with Gasteiger partial charge in [0.1, 0.15) is 13.2 Å². The Morgan fingerprint density at radius 1 is 1.26 bits per heavy atom. The molecule has 0 bridgehead atoms. The minimum absolute atomic E-state index is 0.168. The molecule has 0 aliphatic carbocycles. The third kappa shape index (κ3) is 2.31. The highest BCUT2D eigenvalue weighted by Gasteiger charge is 2.13. The molecule has 1 aliphatic heterocycles. The first-order valence-electron chi connectivity index (χ1n) is 6.02. The maximum atomic E-state index is 11.2. The zero-order valence-electron chi connectivity index (χ0n) is 10.5. The van der Waals surface area contributed by atoms with Gasteiger partial charge in [-0.3, -0.25) is 9.78 Å². The second kappa shape index (κ2) is 4.76. The van der Waals surface area contributed by atoms with E-state index >= 15 is 0 Å². The number of hydrogen-bond donors (Lipinski definition) is 0. The van der Waals surface area contributed by atoms with E-state index in [2.05, 4.69) is 9.72 Å². The van der Waals surface area contributed by atoms with Gasteiger partial charge in [0.05, 0.1) is 24.7 Å². The van der Waals surface area contributed by atoms with Crippen LogP contribution in [0.25, 0.3) is 10.9 Å². The van der Waals surface area contributed by atoms with Gasteiger partial charge in [0, 0.05) is 11.5 Å². The summed E-state index contributed by atoms with van der Waals surface area (Å²) in [6, 6.07) is 7.47. The molecule has 0 N–H and O–H groups in total. The van der Waals surface area contributed by atoms with Crippen LogP contribution in [0.5, 0.6) is 11.5 Å². The number of esters is 1. The van der Waals surface area contributed by atoms with E-state index in [4.69, 9.17) is 9.47 Å². The molecule has 5 heteroatoms. The fourth-order valence-electron chi connectivity index (χ4n) is 2.02. The first kappa shape index (κ1) is 11.8. The molecule has 1 aromatic carbocycles. The van der Waals surface area contributed by atoms with E-state index in [-0.39, 0.29) is 12.4 Å². The number of carbonyl (C=O) groups excluding carboxylic acids is 1. The number of carbonyl (C=O) groups is 1. The van der Waals surface area contributed by atoms with Gasteiger partial charge in [-0.15, -0.1) is 0 Å². The molecule has 0 radical (unpaired) electrons. The highest BCUT2D eigenvalue weighted by Crippen LogP contribution is 2.33. The number of benzene rings is 1. The number of rotatable bonds is 2. The average Bonchev–Trinajstić information content (AvgIpc) is 2.45. The summed E-state index contributed by atoms with van der Waals surface area (Å²) < 4.78 is 15.7. The lowest BCUT2D eigenvalue weighted by molar-refractivity contribution is -0.139. The summed E-state index contributed by atoms with van der Waals surface area (Å²) in [5, 5.41) is 0.956. The van der Waals surface area contributed by atoms with Gasteiger partial charge in [-0.25, -0.2) is 0 Å². The van der Waals surface area contributed by atoms with Crippen molar-refractivity contribution in [1.82, 2.24) is 4.98 Å². The Kier molecular flexibility index (Phi) is 2.95. The van der Waals surface area contributed by atoms with Crippen LogP contribution in [0.3, 0.4) is 0 Å². The fraction of sp³-hybridized carbons (Fsp3) is 0.286. The zero-order chi connectivity index (χ0) is 13.2. The van der Waals surface area contributed by atoms with E-state index in [9.17, 15) is 4.79 Å². The van der Waals surface area contributed by atoms with Crippen LogP contribution in [-0.2, 0) is 16.0 Å². The lowest BCUT2D eigenvalue weighted by Crippen LogP contribution is -2.15. The van der Waals surface area contributed by atoms with Gasteiger partial charge in [-0.1, -0.05) is 6.07 Å². The Bertz CT molecular complexity index is 639. The quantitative estimate of drug-likeness (QED) is 0.769. The van der Waals surface area contributed by atoms with Crippen molar-refractivity contribution in [2.45, 2.75) is 6.42 Å². The van der Waals surface area contributed by atoms with Crippen LogP contribution in [0.1, 0.15) is 5.69 Å². The third-order valence-electron chi connectivity index (χ3n) is 2.96. The maximum Gasteiger partial charge on any atom is 0.311 e. The molecule has 19 heavy (non-hydrogen) atoms. The van der Waals surface area contributed by atoms with Gasteiger partial charge in [-0.05, 0) is 12.1 Å². The van der Waals surface area contributed by atoms with Gasteiger partial charge in [0.2, 0.25) is 0 Å². The van der Waals surface area contributed by atoms with Crippen molar-refractivity contribution in [3.8, 4) is 11.5 Å². The van der Waals surface area contributed by atoms with Crippen LogP contribution in [0.15, 0.2) is 24.3 Å². The van der Waals surface area contributed by atoms with Crippen molar-refractivity contribution >= 4 is 16.9 Å². The van der Waals surface area contributed by atoms with Crippen molar-refractivity contribution in [2.75, 3.05) is 20.3 Å². The summed E-state index contributed by atoms with van der Waals surface area (Å²) in [6.07, 6.45) is 0.168. The number of aromatic nitrogens is 1. The molecule has 2 heterocycles. The van der Waals surface area contributed by atoms with E-state index in [1.54, 1.807) is 0 Å². The highest BCUT2D eigenvalue weighted by molar-refractivity contribution is 5.83. The van der Waals surface area contributed by atoms with Crippen molar-refractivity contribution in [2.24, 2.45) is 0 Å². The van der Waals surface area contributed by atoms with Crippen LogP contribution < -0.4 is 9.47 Å². The van der Waals surface area contributed by atoms with Crippen LogP contribution in [-0.4, -0.2) is 31.3 Å². The van der Waals surface area contributed by atoms with Gasteiger partial charge < -0.3 is 14.2 Å². The summed E-state index contributed by atoms with van der Waals surface area (Å²) in [7, 11) is 1.37. The van der Waals surface area contributed by atoms with Crippen molar-refractivity contribution < 1.29 is 19.0 Å². The van der Waals surface area contributed by atoms with Gasteiger partial charge >= 0.3 is 5.97 Å². The number of ether oxygens (including phenoxy) is 3. The number of pyridine rings is 1. The molecule has 0 fully saturated rings. The highest BCUT2D eigenvalue weighted by atomic mass is 16.6. The van der Waals surface area contributed by atoms with E-state index in [1.807, 2.05) is 24.3 Å². The largest absolute Gasteiger partial charge is 0.486 e. The topological polar surface area (TPSA) is 57.7 Å². The standard InChI is InChI=1S/C14H13NO4/c1-17-14(16)7-10-3-2-9-6-12-13(8-11(9)15-10)19-5-4-18-12/h2-3,6,8H,4-5,7H2,1H3. The molecular formula is C14H13NO4. The van der Waals surface area contributed by atoms with E-state index in [0.29, 0.717) is 24.7 Å². The average molecular weight is 259 g/mol. The summed E-state index contributed by atoms with van der Waals surface area (Å²) in [4.78, 5) is 15.7. The van der Waals surface area contributed by atoms with Crippen molar-refractivity contribution in [3.63, 3.8) is 0 Å². The van der Waals surface area contributed by atoms with Crippen molar-refractivity contribution in [1.29, 1.82) is 0 Å². The summed E-state index contributed by atoms with van der Waals surface area (Å²) in [5.74, 6) is 1.13. The maximum absolute atomic E-state index is 11.2. The Morgan fingerprint density at radius 2 is 2.00 bits per heavy atom. The number of fused-ring (bicyclic) bond motifs is 2. The lowest BCUT2D eigenvalue weighted by Gasteiger charge is -2.18. The van der Waals surface area contributed by atoms with Crippen molar-refractivity contribution in [3.05, 3.63) is 30.0 Å². The smallest absolute Gasteiger partial charge is 0.311 e. The monoisotopic (exact) mass is 259 g/mol. The molecule has 1 aliphatic rings. The minimum Gasteiger partial charge on any atom is -0.486 e. The number of nitrogens with zero attached hydrogens (tertiary/aromatic N) is 1.